The molecule has 0 saturated heterocycles. The van der Waals surface area contributed by atoms with Gasteiger partial charge in [-0.1, -0.05) is 42.5 Å². The van der Waals surface area contributed by atoms with E-state index in [1.54, 1.807) is 38.6 Å². The Labute approximate surface area is 206 Å². The van der Waals surface area contributed by atoms with Crippen molar-refractivity contribution >= 4 is 17.8 Å². The van der Waals surface area contributed by atoms with E-state index in [0.717, 1.165) is 30.1 Å². The summed E-state index contributed by atoms with van der Waals surface area (Å²) in [4.78, 5) is 14.9. The first-order valence-electron chi connectivity index (χ1n) is 11.7. The first-order valence-corrected chi connectivity index (χ1v) is 11.7. The van der Waals surface area contributed by atoms with E-state index in [2.05, 4.69) is 65.7 Å². The van der Waals surface area contributed by atoms with E-state index in [9.17, 15) is 4.79 Å². The SMILES string of the molecule is CCN1C(=CC=NNC(=O)c2ccccc2OC)C(C)(Cc2ccccc2)c2cc(OC)ccc21. The third-order valence-corrected chi connectivity index (χ3v) is 6.49. The number of para-hydroxylation sites is 1. The van der Waals surface area contributed by atoms with Crippen LogP contribution < -0.4 is 19.8 Å². The predicted molar refractivity (Wildman–Crippen MR) is 141 cm³/mol. The number of hydrogen-bond donors (Lipinski definition) is 1. The number of fused-ring (bicyclic) bond motifs is 1. The van der Waals surface area contributed by atoms with Gasteiger partial charge in [-0.25, -0.2) is 5.43 Å². The number of benzene rings is 3. The summed E-state index contributed by atoms with van der Waals surface area (Å²) < 4.78 is 10.8. The van der Waals surface area contributed by atoms with Crippen molar-refractivity contribution in [3.63, 3.8) is 0 Å². The van der Waals surface area contributed by atoms with Gasteiger partial charge < -0.3 is 14.4 Å². The van der Waals surface area contributed by atoms with Gasteiger partial charge in [-0.2, -0.15) is 5.10 Å². The third kappa shape index (κ3) is 4.78. The van der Waals surface area contributed by atoms with Gasteiger partial charge in [-0.05, 0) is 67.8 Å². The standard InChI is InChI=1S/C29H31N3O3/c1-5-32-25-16-15-22(34-3)19-24(25)29(2,20-21-11-7-6-8-12-21)27(32)17-18-30-31-28(33)23-13-9-10-14-26(23)35-4/h6-19H,5,20H2,1-4H3,(H,31,33). The Kier molecular flexibility index (Phi) is 7.20. The lowest BCUT2D eigenvalue weighted by Gasteiger charge is -2.30. The normalized spacial score (nSPS) is 18.1. The van der Waals surface area contributed by atoms with Gasteiger partial charge in [0.2, 0.25) is 0 Å². The largest absolute Gasteiger partial charge is 0.497 e. The number of carbonyl (C=O) groups is 1. The zero-order valence-corrected chi connectivity index (χ0v) is 20.6. The second-order valence-electron chi connectivity index (χ2n) is 8.59. The molecule has 1 aliphatic heterocycles. The smallest absolute Gasteiger partial charge is 0.275 e. The number of ether oxygens (including phenoxy) is 2. The first-order chi connectivity index (χ1) is 17.0. The fourth-order valence-corrected chi connectivity index (χ4v) is 4.79. The number of amides is 1. The van der Waals surface area contributed by atoms with Crippen LogP contribution in [0.3, 0.4) is 0 Å². The Balaban J connectivity index is 1.67. The topological polar surface area (TPSA) is 63.2 Å². The number of hydrazone groups is 1. The highest BCUT2D eigenvalue weighted by molar-refractivity contribution is 5.97. The number of nitrogens with zero attached hydrogens (tertiary/aromatic N) is 2. The number of nitrogens with one attached hydrogen (secondary N) is 1. The summed E-state index contributed by atoms with van der Waals surface area (Å²) in [5, 5.41) is 4.22. The summed E-state index contributed by atoms with van der Waals surface area (Å²) >= 11 is 0. The second-order valence-corrected chi connectivity index (χ2v) is 8.59. The lowest BCUT2D eigenvalue weighted by molar-refractivity contribution is 0.0952. The molecule has 35 heavy (non-hydrogen) atoms. The van der Waals surface area contributed by atoms with E-state index < -0.39 is 0 Å². The van der Waals surface area contributed by atoms with E-state index in [1.165, 1.54) is 11.1 Å². The molecule has 1 amide bonds. The Morgan fingerprint density at radius 1 is 1.03 bits per heavy atom. The number of allylic oxidation sites excluding steroid dienone is 2. The van der Waals surface area contributed by atoms with Gasteiger partial charge in [0.05, 0.1) is 19.8 Å². The Bertz CT molecular complexity index is 1250. The number of anilines is 1. The highest BCUT2D eigenvalue weighted by atomic mass is 16.5. The number of methoxy groups -OCH3 is 2. The van der Waals surface area contributed by atoms with Crippen LogP contribution in [0.1, 0.15) is 35.3 Å². The molecule has 0 spiro atoms. The van der Waals surface area contributed by atoms with E-state index >= 15 is 0 Å². The van der Waals surface area contributed by atoms with Crippen LogP contribution in [-0.4, -0.2) is 32.9 Å². The number of hydrogen-bond acceptors (Lipinski definition) is 5. The molecule has 0 radical (unpaired) electrons. The summed E-state index contributed by atoms with van der Waals surface area (Å²) in [5.41, 5.74) is 7.47. The van der Waals surface area contributed by atoms with Crippen molar-refractivity contribution in [1.82, 2.24) is 5.43 Å². The maximum Gasteiger partial charge on any atom is 0.275 e. The fourth-order valence-electron chi connectivity index (χ4n) is 4.79. The van der Waals surface area contributed by atoms with Crippen molar-refractivity contribution in [2.24, 2.45) is 5.10 Å². The molecule has 4 rings (SSSR count). The Hall–Kier alpha value is -4.06. The van der Waals surface area contributed by atoms with E-state index in [0.29, 0.717) is 11.3 Å². The van der Waals surface area contributed by atoms with Crippen LogP contribution in [0.25, 0.3) is 0 Å². The van der Waals surface area contributed by atoms with Crippen LogP contribution in [0.2, 0.25) is 0 Å². The molecular formula is C29H31N3O3. The predicted octanol–water partition coefficient (Wildman–Crippen LogP) is 5.34. The van der Waals surface area contributed by atoms with Crippen LogP contribution >= 0.6 is 0 Å². The molecule has 0 aromatic heterocycles. The van der Waals surface area contributed by atoms with Crippen LogP contribution in [0, 0.1) is 0 Å². The van der Waals surface area contributed by atoms with Crippen LogP contribution in [0.5, 0.6) is 11.5 Å². The molecule has 0 saturated carbocycles. The van der Waals surface area contributed by atoms with E-state index in [1.807, 2.05) is 24.3 Å². The molecule has 3 aromatic carbocycles. The molecule has 1 N–H and O–H groups in total. The lowest BCUT2D eigenvalue weighted by Crippen LogP contribution is -2.31. The maximum absolute atomic E-state index is 12.6. The monoisotopic (exact) mass is 469 g/mol. The minimum Gasteiger partial charge on any atom is -0.497 e. The quantitative estimate of drug-likeness (QED) is 0.357. The average Bonchev–Trinajstić information content (AvgIpc) is 3.13. The minimum atomic E-state index is -0.323. The van der Waals surface area contributed by atoms with Crippen molar-refractivity contribution in [3.05, 3.63) is 101 Å². The van der Waals surface area contributed by atoms with E-state index in [4.69, 9.17) is 9.47 Å². The molecule has 0 fully saturated rings. The molecule has 0 bridgehead atoms. The molecule has 1 aliphatic rings. The van der Waals surface area contributed by atoms with Gasteiger partial charge in [0.1, 0.15) is 11.5 Å². The molecule has 1 atom stereocenters. The van der Waals surface area contributed by atoms with Crippen molar-refractivity contribution in [2.45, 2.75) is 25.7 Å². The Morgan fingerprint density at radius 3 is 2.49 bits per heavy atom. The fraction of sp³-hybridized carbons (Fsp3) is 0.241. The minimum absolute atomic E-state index is 0.306. The first kappa shape index (κ1) is 24.1. The third-order valence-electron chi connectivity index (χ3n) is 6.49. The molecule has 6 heteroatoms. The van der Waals surface area contributed by atoms with Gasteiger partial charge in [-0.15, -0.1) is 0 Å². The van der Waals surface area contributed by atoms with E-state index in [-0.39, 0.29) is 11.3 Å². The van der Waals surface area contributed by atoms with Gasteiger partial charge in [0, 0.05) is 29.6 Å². The highest BCUT2D eigenvalue weighted by Crippen LogP contribution is 2.50. The van der Waals surface area contributed by atoms with Gasteiger partial charge in [0.15, 0.2) is 0 Å². The Morgan fingerprint density at radius 2 is 1.77 bits per heavy atom. The highest BCUT2D eigenvalue weighted by Gasteiger charge is 2.43. The summed E-state index contributed by atoms with van der Waals surface area (Å²) in [6.07, 6.45) is 4.46. The summed E-state index contributed by atoms with van der Waals surface area (Å²) in [5.74, 6) is 1.01. The lowest BCUT2D eigenvalue weighted by atomic mass is 9.76. The zero-order valence-electron chi connectivity index (χ0n) is 20.6. The number of likely N-dealkylation sites (N-methyl/N-ethyl adjacent to an activating group) is 1. The van der Waals surface area contributed by atoms with Crippen LogP contribution in [0.4, 0.5) is 5.69 Å². The van der Waals surface area contributed by atoms with Crippen molar-refractivity contribution < 1.29 is 14.3 Å². The van der Waals surface area contributed by atoms with Crippen LogP contribution in [0.15, 0.2) is 89.7 Å². The summed E-state index contributed by atoms with van der Waals surface area (Å²) in [6.45, 7) is 5.19. The van der Waals surface area contributed by atoms with Crippen LogP contribution in [-0.2, 0) is 11.8 Å². The molecular weight excluding hydrogens is 438 g/mol. The van der Waals surface area contributed by atoms with Crippen molar-refractivity contribution in [2.75, 3.05) is 25.7 Å². The van der Waals surface area contributed by atoms with Gasteiger partial charge in [0.25, 0.3) is 5.91 Å². The summed E-state index contributed by atoms with van der Waals surface area (Å²) in [7, 11) is 3.23. The van der Waals surface area contributed by atoms with Gasteiger partial charge in [-0.3, -0.25) is 4.79 Å². The molecule has 1 heterocycles. The number of carbonyl (C=O) groups excluding carboxylic acids is 1. The molecule has 6 nitrogen and oxygen atoms in total. The summed E-state index contributed by atoms with van der Waals surface area (Å²) in [6, 6.07) is 23.8. The number of rotatable bonds is 8. The molecule has 3 aromatic rings. The molecule has 180 valence electrons. The second kappa shape index (κ2) is 10.5. The zero-order chi connectivity index (χ0) is 24.8. The molecule has 1 unspecified atom stereocenters. The maximum atomic E-state index is 12.6. The molecule has 0 aliphatic carbocycles. The van der Waals surface area contributed by atoms with Crippen molar-refractivity contribution in [3.8, 4) is 11.5 Å². The average molecular weight is 470 g/mol. The van der Waals surface area contributed by atoms with Gasteiger partial charge >= 0.3 is 0 Å². The van der Waals surface area contributed by atoms with Crippen molar-refractivity contribution in [1.29, 1.82) is 0 Å².